The summed E-state index contributed by atoms with van der Waals surface area (Å²) >= 11 is 0. The van der Waals surface area contributed by atoms with Crippen LogP contribution < -0.4 is 9.64 Å². The lowest BCUT2D eigenvalue weighted by Crippen LogP contribution is -2.29. The van der Waals surface area contributed by atoms with Crippen molar-refractivity contribution in [3.05, 3.63) is 18.3 Å². The number of anilines is 1. The zero-order valence-electron chi connectivity index (χ0n) is 11.4. The van der Waals surface area contributed by atoms with Crippen molar-refractivity contribution in [1.29, 1.82) is 5.26 Å². The first-order valence-corrected chi connectivity index (χ1v) is 6.38. The van der Waals surface area contributed by atoms with Gasteiger partial charge < -0.3 is 9.64 Å². The first-order chi connectivity index (χ1) is 8.69. The molecule has 0 aliphatic rings. The fourth-order valence-corrected chi connectivity index (χ4v) is 1.80. The van der Waals surface area contributed by atoms with Crippen LogP contribution in [0, 0.1) is 17.2 Å². The first-order valence-electron chi connectivity index (χ1n) is 6.38. The number of rotatable bonds is 7. The molecule has 4 heteroatoms. The molecule has 0 saturated carbocycles. The Bertz CT molecular complexity index is 398. The van der Waals surface area contributed by atoms with Crippen molar-refractivity contribution in [3.8, 4) is 11.8 Å². The highest BCUT2D eigenvalue weighted by atomic mass is 16.5. The van der Waals surface area contributed by atoms with Crippen LogP contribution in [0.15, 0.2) is 18.3 Å². The summed E-state index contributed by atoms with van der Waals surface area (Å²) in [6.45, 7) is 8.45. The predicted molar refractivity (Wildman–Crippen MR) is 72.7 cm³/mol. The molecule has 1 rings (SSSR count). The highest BCUT2D eigenvalue weighted by molar-refractivity contribution is 5.52. The summed E-state index contributed by atoms with van der Waals surface area (Å²) < 4.78 is 5.59. The highest BCUT2D eigenvalue weighted by Crippen LogP contribution is 2.26. The van der Waals surface area contributed by atoms with Crippen LogP contribution in [-0.4, -0.2) is 24.7 Å². The molecule has 0 aromatic carbocycles. The maximum atomic E-state index is 8.74. The molecular weight excluding hydrogens is 226 g/mol. The number of pyridine rings is 1. The molecule has 1 aromatic heterocycles. The summed E-state index contributed by atoms with van der Waals surface area (Å²) in [5, 5.41) is 8.74. The fourth-order valence-electron chi connectivity index (χ4n) is 1.80. The molecule has 0 fully saturated rings. The van der Waals surface area contributed by atoms with Crippen LogP contribution in [0.2, 0.25) is 0 Å². The van der Waals surface area contributed by atoms with E-state index in [1.54, 1.807) is 6.20 Å². The van der Waals surface area contributed by atoms with Gasteiger partial charge in [-0.25, -0.2) is 4.98 Å². The summed E-state index contributed by atoms with van der Waals surface area (Å²) in [7, 11) is 0. The van der Waals surface area contributed by atoms with E-state index in [1.807, 2.05) is 19.1 Å². The smallest absolute Gasteiger partial charge is 0.171 e. The summed E-state index contributed by atoms with van der Waals surface area (Å²) in [5.41, 5.74) is 0. The van der Waals surface area contributed by atoms with Gasteiger partial charge in [0.2, 0.25) is 0 Å². The maximum Gasteiger partial charge on any atom is 0.171 e. The molecule has 0 bridgehead atoms. The Morgan fingerprint density at radius 3 is 2.89 bits per heavy atom. The SMILES string of the molecule is CCOc1cccnc1N(CCC#N)CC(C)C. The van der Waals surface area contributed by atoms with E-state index in [4.69, 9.17) is 10.00 Å². The van der Waals surface area contributed by atoms with E-state index < -0.39 is 0 Å². The lowest BCUT2D eigenvalue weighted by Gasteiger charge is -2.26. The molecule has 0 N–H and O–H groups in total. The van der Waals surface area contributed by atoms with Gasteiger partial charge in [-0.15, -0.1) is 0 Å². The largest absolute Gasteiger partial charge is 0.490 e. The lowest BCUT2D eigenvalue weighted by atomic mass is 10.2. The van der Waals surface area contributed by atoms with Crippen LogP contribution in [0.25, 0.3) is 0 Å². The molecule has 0 aliphatic heterocycles. The second-order valence-electron chi connectivity index (χ2n) is 4.51. The lowest BCUT2D eigenvalue weighted by molar-refractivity contribution is 0.338. The molecule has 0 unspecified atom stereocenters. The minimum absolute atomic E-state index is 0.495. The van der Waals surface area contributed by atoms with Gasteiger partial charge in [0.25, 0.3) is 0 Å². The molecule has 1 heterocycles. The average molecular weight is 247 g/mol. The van der Waals surface area contributed by atoms with Gasteiger partial charge in [0.1, 0.15) is 0 Å². The van der Waals surface area contributed by atoms with Crippen LogP contribution in [0.1, 0.15) is 27.2 Å². The van der Waals surface area contributed by atoms with E-state index in [2.05, 4.69) is 29.8 Å². The minimum Gasteiger partial charge on any atom is -0.490 e. The number of nitrogens with zero attached hydrogens (tertiary/aromatic N) is 3. The third kappa shape index (κ3) is 4.25. The van der Waals surface area contributed by atoms with Gasteiger partial charge in [0, 0.05) is 19.3 Å². The Balaban J connectivity index is 2.92. The van der Waals surface area contributed by atoms with Crippen molar-refractivity contribution >= 4 is 5.82 Å². The quantitative estimate of drug-likeness (QED) is 0.743. The molecule has 1 aromatic rings. The molecule has 0 amide bonds. The van der Waals surface area contributed by atoms with Gasteiger partial charge >= 0.3 is 0 Å². The number of hydrogen-bond donors (Lipinski definition) is 0. The Morgan fingerprint density at radius 2 is 2.28 bits per heavy atom. The second-order valence-corrected chi connectivity index (χ2v) is 4.51. The van der Waals surface area contributed by atoms with Crippen molar-refractivity contribution in [3.63, 3.8) is 0 Å². The van der Waals surface area contributed by atoms with Crippen molar-refractivity contribution in [2.75, 3.05) is 24.6 Å². The molecule has 4 nitrogen and oxygen atoms in total. The third-order valence-electron chi connectivity index (χ3n) is 2.43. The van der Waals surface area contributed by atoms with Gasteiger partial charge in [0.15, 0.2) is 11.6 Å². The van der Waals surface area contributed by atoms with Gasteiger partial charge in [0.05, 0.1) is 19.1 Å². The van der Waals surface area contributed by atoms with Gasteiger partial charge in [-0.3, -0.25) is 0 Å². The molecule has 98 valence electrons. The van der Waals surface area contributed by atoms with Crippen molar-refractivity contribution in [2.45, 2.75) is 27.2 Å². The number of aromatic nitrogens is 1. The Labute approximate surface area is 109 Å². The van der Waals surface area contributed by atoms with Crippen molar-refractivity contribution in [2.24, 2.45) is 5.92 Å². The molecular formula is C14H21N3O. The Morgan fingerprint density at radius 1 is 1.50 bits per heavy atom. The standard InChI is InChI=1S/C14H21N3O/c1-4-18-13-7-5-9-16-14(13)17(10-6-8-15)11-12(2)3/h5,7,9,12H,4,6,10-11H2,1-3H3. The second kappa shape index (κ2) is 7.54. The molecule has 0 saturated heterocycles. The summed E-state index contributed by atoms with van der Waals surface area (Å²) in [5.74, 6) is 2.14. The molecule has 0 spiro atoms. The topological polar surface area (TPSA) is 49.1 Å². The Hall–Kier alpha value is -1.76. The zero-order chi connectivity index (χ0) is 13.4. The van der Waals surface area contributed by atoms with Gasteiger partial charge in [-0.05, 0) is 25.0 Å². The van der Waals surface area contributed by atoms with Crippen molar-refractivity contribution in [1.82, 2.24) is 4.98 Å². The fraction of sp³-hybridized carbons (Fsp3) is 0.571. The van der Waals surface area contributed by atoms with Gasteiger partial charge in [-0.2, -0.15) is 5.26 Å². The van der Waals surface area contributed by atoms with E-state index in [0.717, 1.165) is 18.1 Å². The van der Waals surface area contributed by atoms with E-state index in [9.17, 15) is 0 Å². The first kappa shape index (κ1) is 14.3. The predicted octanol–water partition coefficient (Wildman–Crippen LogP) is 2.86. The van der Waals surface area contributed by atoms with E-state index >= 15 is 0 Å². The number of nitriles is 1. The molecule has 0 aliphatic carbocycles. The number of hydrogen-bond acceptors (Lipinski definition) is 4. The van der Waals surface area contributed by atoms with Crippen LogP contribution in [0.5, 0.6) is 5.75 Å². The van der Waals surface area contributed by atoms with Crippen molar-refractivity contribution < 1.29 is 4.74 Å². The molecule has 0 atom stereocenters. The van der Waals surface area contributed by atoms with Gasteiger partial charge in [-0.1, -0.05) is 13.8 Å². The van der Waals surface area contributed by atoms with Crippen LogP contribution in [0.3, 0.4) is 0 Å². The van der Waals surface area contributed by atoms with Crippen LogP contribution in [0.4, 0.5) is 5.82 Å². The van der Waals surface area contributed by atoms with Crippen LogP contribution in [-0.2, 0) is 0 Å². The maximum absolute atomic E-state index is 8.74. The molecule has 18 heavy (non-hydrogen) atoms. The number of ether oxygens (including phenoxy) is 1. The third-order valence-corrected chi connectivity index (χ3v) is 2.43. The highest BCUT2D eigenvalue weighted by Gasteiger charge is 2.14. The van der Waals surface area contributed by atoms with E-state index in [0.29, 0.717) is 25.5 Å². The van der Waals surface area contributed by atoms with Crippen LogP contribution >= 0.6 is 0 Å². The molecule has 0 radical (unpaired) electrons. The van der Waals surface area contributed by atoms with E-state index in [1.165, 1.54) is 0 Å². The zero-order valence-corrected chi connectivity index (χ0v) is 11.4. The summed E-state index contributed by atoms with van der Waals surface area (Å²) in [6.07, 6.45) is 2.26. The summed E-state index contributed by atoms with van der Waals surface area (Å²) in [4.78, 5) is 6.52. The Kier molecular flexibility index (Phi) is 5.99. The normalized spacial score (nSPS) is 10.2. The van der Waals surface area contributed by atoms with E-state index in [-0.39, 0.29) is 0 Å². The monoisotopic (exact) mass is 247 g/mol. The average Bonchev–Trinajstić information content (AvgIpc) is 2.35. The minimum atomic E-state index is 0.495. The summed E-state index contributed by atoms with van der Waals surface area (Å²) in [6, 6.07) is 5.97.